The van der Waals surface area contributed by atoms with Crippen LogP contribution >= 0.6 is 58.0 Å². The Morgan fingerprint density at radius 1 is 0.667 bits per heavy atom. The Morgan fingerprint density at radius 2 is 1.09 bits per heavy atom. The summed E-state index contributed by atoms with van der Waals surface area (Å²) in [5.74, 6) is 0.469. The largest absolute Gasteiger partial charge is 0.444 e. The predicted octanol–water partition coefficient (Wildman–Crippen LogP) is 8.61. The molecule has 0 atom stereocenters. The van der Waals surface area contributed by atoms with Crippen LogP contribution in [0.2, 0.25) is 20.1 Å². The molecule has 2 aromatic carbocycles. The summed E-state index contributed by atoms with van der Waals surface area (Å²) >= 11 is 28.9. The third kappa shape index (κ3) is 15.7. The molecule has 2 fully saturated rings. The van der Waals surface area contributed by atoms with Gasteiger partial charge in [0.25, 0.3) is 0 Å². The van der Waals surface area contributed by atoms with Gasteiger partial charge in [-0.3, -0.25) is 4.90 Å². The Bertz CT molecular complexity index is 1240. The van der Waals surface area contributed by atoms with Crippen molar-refractivity contribution in [3.8, 4) is 0 Å². The lowest BCUT2D eigenvalue weighted by atomic mass is 10.2. The first-order valence-electron chi connectivity index (χ1n) is 14.8. The van der Waals surface area contributed by atoms with Gasteiger partial charge in [0.1, 0.15) is 11.2 Å². The highest BCUT2D eigenvalue weighted by atomic mass is 35.5. The topological polar surface area (TPSA) is 74.4 Å². The molecule has 2 amide bonds. The molecule has 2 aromatic rings. The lowest BCUT2D eigenvalue weighted by Crippen LogP contribution is -2.49. The molecule has 2 saturated heterocycles. The summed E-state index contributed by atoms with van der Waals surface area (Å²) in [6.07, 6.45) is -0.435. The molecule has 0 bridgehead atoms. The third-order valence-corrected chi connectivity index (χ3v) is 8.11. The van der Waals surface area contributed by atoms with Gasteiger partial charge >= 0.3 is 12.2 Å². The van der Waals surface area contributed by atoms with E-state index in [9.17, 15) is 9.59 Å². The van der Waals surface area contributed by atoms with Gasteiger partial charge in [0.15, 0.2) is 0 Å². The lowest BCUT2D eigenvalue weighted by Gasteiger charge is -2.35. The number of amides is 2. The highest BCUT2D eigenvalue weighted by Crippen LogP contribution is 2.24. The summed E-state index contributed by atoms with van der Waals surface area (Å²) in [6, 6.07) is 11.0. The van der Waals surface area contributed by atoms with Crippen molar-refractivity contribution in [3.05, 3.63) is 67.6 Å². The highest BCUT2D eigenvalue weighted by Gasteiger charge is 2.26. The van der Waals surface area contributed by atoms with Crippen molar-refractivity contribution in [3.63, 3.8) is 0 Å². The van der Waals surface area contributed by atoms with Gasteiger partial charge in [0, 0.05) is 64.8 Å². The molecule has 252 valence electrons. The number of nitrogens with zero attached hydrogens (tertiary/aromatic N) is 3. The van der Waals surface area contributed by atoms with Crippen molar-refractivity contribution in [1.82, 2.24) is 20.0 Å². The zero-order valence-electron chi connectivity index (χ0n) is 26.9. The summed E-state index contributed by atoms with van der Waals surface area (Å²) < 4.78 is 10.6. The van der Waals surface area contributed by atoms with Crippen LogP contribution in [-0.4, -0.2) is 90.4 Å². The van der Waals surface area contributed by atoms with E-state index >= 15 is 0 Å². The SMILES string of the molecule is CC(C)(C)OC(=O)N1CCN(Cc2ccc(Cl)c(Cl)c2)CC1.CC(C)(C)OC(=O)N1CCNCC1.ClCc1ccc(Cl)c(Cl)c1. The van der Waals surface area contributed by atoms with Crippen LogP contribution in [0.1, 0.15) is 52.7 Å². The number of hydrogen-bond donors (Lipinski definition) is 1. The minimum absolute atomic E-state index is 0.200. The second-order valence-electron chi connectivity index (χ2n) is 12.6. The number of carbonyl (C=O) groups is 2. The summed E-state index contributed by atoms with van der Waals surface area (Å²) in [5.41, 5.74) is 1.27. The minimum atomic E-state index is -0.450. The number of ether oxygens (including phenoxy) is 2. The maximum atomic E-state index is 12.0. The van der Waals surface area contributed by atoms with Gasteiger partial charge < -0.3 is 24.6 Å². The number of piperazine rings is 2. The van der Waals surface area contributed by atoms with Crippen LogP contribution in [0.5, 0.6) is 0 Å². The summed E-state index contributed by atoms with van der Waals surface area (Å²) in [7, 11) is 0. The average molecular weight is 727 g/mol. The molecule has 2 aliphatic rings. The van der Waals surface area contributed by atoms with E-state index in [0.29, 0.717) is 39.1 Å². The van der Waals surface area contributed by atoms with Gasteiger partial charge in [-0.1, -0.05) is 58.5 Å². The maximum Gasteiger partial charge on any atom is 0.410 e. The molecule has 0 radical (unpaired) electrons. The lowest BCUT2D eigenvalue weighted by molar-refractivity contribution is 0.0138. The standard InChI is InChI=1S/C16H22Cl2N2O2.C9H18N2O2.C7H5Cl3/c1-16(2,3)22-15(21)20-8-6-19(7-9-20)11-12-4-5-13(17)14(18)10-12;1-9(2,3)13-8(12)11-6-4-10-5-7-11;8-4-5-1-2-6(9)7(10)3-5/h4-5,10H,6-9,11H2,1-3H3;10H,4-7H2,1-3H3;1-3H,4H2. The van der Waals surface area contributed by atoms with E-state index in [1.54, 1.807) is 21.9 Å². The second-order valence-corrected chi connectivity index (χ2v) is 14.5. The van der Waals surface area contributed by atoms with Crippen molar-refractivity contribution in [1.29, 1.82) is 0 Å². The number of benzene rings is 2. The van der Waals surface area contributed by atoms with Crippen LogP contribution in [0.4, 0.5) is 9.59 Å². The average Bonchev–Trinajstić information content (AvgIpc) is 2.96. The van der Waals surface area contributed by atoms with Crippen molar-refractivity contribution < 1.29 is 19.1 Å². The summed E-state index contributed by atoms with van der Waals surface area (Å²) in [6.45, 7) is 18.3. The third-order valence-electron chi connectivity index (χ3n) is 6.32. The molecule has 45 heavy (non-hydrogen) atoms. The number of carbonyl (C=O) groups excluding carboxylic acids is 2. The van der Waals surface area contributed by atoms with Gasteiger partial charge in [-0.2, -0.15) is 0 Å². The Labute approximate surface area is 293 Å². The molecule has 2 aliphatic heterocycles. The molecule has 4 rings (SSSR count). The van der Waals surface area contributed by atoms with Crippen LogP contribution in [0.3, 0.4) is 0 Å². The highest BCUT2D eigenvalue weighted by molar-refractivity contribution is 6.42. The van der Waals surface area contributed by atoms with Crippen LogP contribution in [-0.2, 0) is 21.9 Å². The Morgan fingerprint density at radius 3 is 1.51 bits per heavy atom. The van der Waals surface area contributed by atoms with E-state index in [1.807, 2.05) is 65.8 Å². The van der Waals surface area contributed by atoms with Crippen LogP contribution in [0, 0.1) is 0 Å². The molecule has 0 aromatic heterocycles. The number of halogens is 5. The molecule has 0 spiro atoms. The number of alkyl halides is 1. The summed E-state index contributed by atoms with van der Waals surface area (Å²) in [5, 5.41) is 5.45. The Kier molecular flexibility index (Phi) is 16.4. The molecular formula is C32H45Cl5N4O4. The van der Waals surface area contributed by atoms with Crippen molar-refractivity contribution >= 4 is 70.2 Å². The molecule has 0 saturated carbocycles. The van der Waals surface area contributed by atoms with Gasteiger partial charge in [-0.05, 0) is 76.9 Å². The zero-order valence-corrected chi connectivity index (χ0v) is 30.7. The van der Waals surface area contributed by atoms with E-state index < -0.39 is 5.60 Å². The molecular weight excluding hydrogens is 682 g/mol. The van der Waals surface area contributed by atoms with Crippen molar-refractivity contribution in [2.45, 2.75) is 65.2 Å². The number of rotatable bonds is 3. The fourth-order valence-electron chi connectivity index (χ4n) is 4.11. The molecule has 13 heteroatoms. The number of hydrogen-bond acceptors (Lipinski definition) is 6. The van der Waals surface area contributed by atoms with Gasteiger partial charge in [-0.15, -0.1) is 11.6 Å². The molecule has 1 N–H and O–H groups in total. The predicted molar refractivity (Wildman–Crippen MR) is 186 cm³/mol. The fraction of sp³-hybridized carbons (Fsp3) is 0.562. The smallest absolute Gasteiger partial charge is 0.410 e. The van der Waals surface area contributed by atoms with E-state index in [0.717, 1.165) is 56.9 Å². The molecule has 8 nitrogen and oxygen atoms in total. The Balaban J connectivity index is 0.000000259. The minimum Gasteiger partial charge on any atom is -0.444 e. The van der Waals surface area contributed by atoms with Crippen molar-refractivity contribution in [2.75, 3.05) is 52.4 Å². The second kappa shape index (κ2) is 18.6. The van der Waals surface area contributed by atoms with Crippen LogP contribution < -0.4 is 5.32 Å². The summed E-state index contributed by atoms with van der Waals surface area (Å²) in [4.78, 5) is 29.3. The van der Waals surface area contributed by atoms with Crippen molar-refractivity contribution in [2.24, 2.45) is 0 Å². The van der Waals surface area contributed by atoms with E-state index in [2.05, 4.69) is 10.2 Å². The quantitative estimate of drug-likeness (QED) is 0.320. The van der Waals surface area contributed by atoms with Gasteiger partial charge in [0.05, 0.1) is 20.1 Å². The number of nitrogens with one attached hydrogen (secondary N) is 1. The molecule has 2 heterocycles. The Hall–Kier alpha value is -1.65. The molecule has 0 unspecified atom stereocenters. The monoisotopic (exact) mass is 724 g/mol. The normalized spacial score (nSPS) is 15.7. The maximum absolute atomic E-state index is 12.0. The van der Waals surface area contributed by atoms with Crippen LogP contribution in [0.25, 0.3) is 0 Å². The first-order valence-corrected chi connectivity index (χ1v) is 16.8. The first-order chi connectivity index (χ1) is 21.0. The zero-order chi connectivity index (χ0) is 33.8. The van der Waals surface area contributed by atoms with E-state index in [1.165, 1.54) is 0 Å². The fourth-order valence-corrected chi connectivity index (χ4v) is 4.92. The van der Waals surface area contributed by atoms with Gasteiger partial charge in [-0.25, -0.2) is 9.59 Å². The van der Waals surface area contributed by atoms with E-state index in [-0.39, 0.29) is 17.8 Å². The van der Waals surface area contributed by atoms with Gasteiger partial charge in [0.2, 0.25) is 0 Å². The van der Waals surface area contributed by atoms with Crippen LogP contribution in [0.15, 0.2) is 36.4 Å². The first kappa shape index (κ1) is 39.5. The van der Waals surface area contributed by atoms with E-state index in [4.69, 9.17) is 67.5 Å². The molecule has 0 aliphatic carbocycles.